The first kappa shape index (κ1) is 18.8. The van der Waals surface area contributed by atoms with E-state index >= 15 is 0 Å². The molecule has 1 aliphatic heterocycles. The fraction of sp³-hybridized carbons (Fsp3) is 0.217. The highest BCUT2D eigenvalue weighted by Gasteiger charge is 2.34. The van der Waals surface area contributed by atoms with Gasteiger partial charge in [0.2, 0.25) is 0 Å². The maximum Gasteiger partial charge on any atom is 0.278 e. The van der Waals surface area contributed by atoms with E-state index in [2.05, 4.69) is 46.8 Å². The van der Waals surface area contributed by atoms with Crippen molar-refractivity contribution >= 4 is 49.7 Å². The van der Waals surface area contributed by atoms with Gasteiger partial charge in [0.1, 0.15) is 5.71 Å². The third-order valence-electron chi connectivity index (χ3n) is 5.19. The molecule has 0 unspecified atom stereocenters. The molecule has 0 fully saturated rings. The van der Waals surface area contributed by atoms with E-state index < -0.39 is 0 Å². The van der Waals surface area contributed by atoms with E-state index in [0.717, 1.165) is 45.3 Å². The lowest BCUT2D eigenvalue weighted by atomic mass is 10.1. The minimum absolute atomic E-state index is 0.0482. The average Bonchev–Trinajstić information content (AvgIpc) is 2.97. The van der Waals surface area contributed by atoms with Crippen LogP contribution in [0, 0.1) is 0 Å². The van der Waals surface area contributed by atoms with Crippen LogP contribution in [0.2, 0.25) is 0 Å². The number of aliphatic imine (C=N–C) groups is 1. The van der Waals surface area contributed by atoms with Crippen LogP contribution in [0.4, 0.5) is 11.4 Å². The molecule has 4 nitrogen and oxygen atoms in total. The van der Waals surface area contributed by atoms with Crippen molar-refractivity contribution in [1.29, 1.82) is 0 Å². The van der Waals surface area contributed by atoms with Crippen LogP contribution in [0.5, 0.6) is 0 Å². The number of rotatable bonds is 5. The normalized spacial score (nSPS) is 15.1. The molecule has 3 aromatic carbocycles. The summed E-state index contributed by atoms with van der Waals surface area (Å²) in [6.07, 6.45) is 0. The van der Waals surface area contributed by atoms with Crippen LogP contribution in [0.25, 0.3) is 10.8 Å². The third kappa shape index (κ3) is 3.36. The van der Waals surface area contributed by atoms with Gasteiger partial charge in [-0.2, -0.15) is 0 Å². The van der Waals surface area contributed by atoms with Gasteiger partial charge in [-0.1, -0.05) is 66.2 Å². The number of halogens is 1. The summed E-state index contributed by atoms with van der Waals surface area (Å²) in [5, 5.41) is 2.16. The second-order valence-corrected chi connectivity index (χ2v) is 7.71. The summed E-state index contributed by atoms with van der Waals surface area (Å²) >= 11 is 3.54. The van der Waals surface area contributed by atoms with Gasteiger partial charge < -0.3 is 0 Å². The maximum atomic E-state index is 13.3. The summed E-state index contributed by atoms with van der Waals surface area (Å²) in [6.45, 7) is 6.56. The number of hydrogen-bond acceptors (Lipinski definition) is 3. The fourth-order valence-corrected chi connectivity index (χ4v) is 3.95. The van der Waals surface area contributed by atoms with Gasteiger partial charge in [0.15, 0.2) is 0 Å². The largest absolute Gasteiger partial charge is 0.293 e. The number of anilines is 1. The predicted octanol–water partition coefficient (Wildman–Crippen LogP) is 5.37. The molecule has 1 amide bonds. The molecule has 1 heterocycles. The molecule has 0 bridgehead atoms. The van der Waals surface area contributed by atoms with E-state index in [1.165, 1.54) is 0 Å². The third-order valence-corrected chi connectivity index (χ3v) is 5.68. The molecule has 0 N–H and O–H groups in total. The SMILES string of the molecule is CCN(CC)CN1C(=O)C(=Nc2cccc3ccccc23)c2cc(Br)ccc21. The quantitative estimate of drug-likeness (QED) is 0.539. The Balaban J connectivity index is 1.84. The van der Waals surface area contributed by atoms with Gasteiger partial charge in [-0.3, -0.25) is 14.6 Å². The summed E-state index contributed by atoms with van der Waals surface area (Å²) < 4.78 is 0.939. The Morgan fingerprint density at radius 1 is 1.00 bits per heavy atom. The smallest absolute Gasteiger partial charge is 0.278 e. The highest BCUT2D eigenvalue weighted by atomic mass is 79.9. The van der Waals surface area contributed by atoms with Crippen molar-refractivity contribution in [2.75, 3.05) is 24.7 Å². The highest BCUT2D eigenvalue weighted by molar-refractivity contribution is 9.10. The molecule has 28 heavy (non-hydrogen) atoms. The molecule has 0 aromatic heterocycles. The first-order chi connectivity index (χ1) is 13.6. The Morgan fingerprint density at radius 2 is 1.75 bits per heavy atom. The van der Waals surface area contributed by atoms with Crippen LogP contribution in [-0.2, 0) is 4.79 Å². The first-order valence-electron chi connectivity index (χ1n) is 9.53. The van der Waals surface area contributed by atoms with Crippen LogP contribution >= 0.6 is 15.9 Å². The standard InChI is InChI=1S/C23H22BrN3O/c1-3-26(4-2)15-27-21-13-12-17(24)14-19(21)22(23(27)28)25-20-11-7-9-16-8-5-6-10-18(16)20/h5-14H,3-4,15H2,1-2H3. The monoisotopic (exact) mass is 435 g/mol. The molecule has 0 atom stereocenters. The molecule has 142 valence electrons. The van der Waals surface area contributed by atoms with Crippen molar-refractivity contribution in [2.24, 2.45) is 4.99 Å². The van der Waals surface area contributed by atoms with Crippen molar-refractivity contribution < 1.29 is 4.79 Å². The summed E-state index contributed by atoms with van der Waals surface area (Å²) in [5.41, 5.74) is 3.11. The zero-order valence-corrected chi connectivity index (χ0v) is 17.6. The van der Waals surface area contributed by atoms with Gasteiger partial charge in [0.25, 0.3) is 5.91 Å². The van der Waals surface area contributed by atoms with Crippen LogP contribution in [0.1, 0.15) is 19.4 Å². The van der Waals surface area contributed by atoms with Crippen molar-refractivity contribution in [3.05, 3.63) is 70.7 Å². The summed E-state index contributed by atoms with van der Waals surface area (Å²) in [5.74, 6) is -0.0482. The molecule has 1 aliphatic rings. The van der Waals surface area contributed by atoms with E-state index in [4.69, 9.17) is 4.99 Å². The van der Waals surface area contributed by atoms with Crippen LogP contribution in [0.15, 0.2) is 70.1 Å². The predicted molar refractivity (Wildman–Crippen MR) is 120 cm³/mol. The molecular formula is C23H22BrN3O. The number of hydrogen-bond donors (Lipinski definition) is 0. The second-order valence-electron chi connectivity index (χ2n) is 6.80. The summed E-state index contributed by atoms with van der Waals surface area (Å²) in [4.78, 5) is 22.2. The minimum Gasteiger partial charge on any atom is -0.293 e. The molecule has 0 saturated carbocycles. The molecule has 3 aromatic rings. The van der Waals surface area contributed by atoms with Crippen molar-refractivity contribution in [3.63, 3.8) is 0 Å². The first-order valence-corrected chi connectivity index (χ1v) is 10.3. The zero-order valence-electron chi connectivity index (χ0n) is 16.0. The van der Waals surface area contributed by atoms with E-state index in [0.29, 0.717) is 12.4 Å². The van der Waals surface area contributed by atoms with E-state index in [-0.39, 0.29) is 5.91 Å². The maximum absolute atomic E-state index is 13.3. The Bertz CT molecular complexity index is 1070. The molecule has 4 rings (SSSR count). The molecular weight excluding hydrogens is 414 g/mol. The van der Waals surface area contributed by atoms with Gasteiger partial charge in [-0.25, -0.2) is 4.99 Å². The summed E-state index contributed by atoms with van der Waals surface area (Å²) in [7, 11) is 0. The van der Waals surface area contributed by atoms with E-state index in [1.54, 1.807) is 0 Å². The average molecular weight is 436 g/mol. The van der Waals surface area contributed by atoms with Gasteiger partial charge >= 0.3 is 0 Å². The molecule has 0 aliphatic carbocycles. The van der Waals surface area contributed by atoms with Crippen molar-refractivity contribution in [3.8, 4) is 0 Å². The van der Waals surface area contributed by atoms with Gasteiger partial charge in [-0.15, -0.1) is 0 Å². The number of nitrogens with zero attached hydrogens (tertiary/aromatic N) is 3. The number of carbonyl (C=O) groups is 1. The van der Waals surface area contributed by atoms with E-state index in [1.807, 2.05) is 53.4 Å². The molecule has 5 heteroatoms. The Labute approximate surface area is 173 Å². The molecule has 0 saturated heterocycles. The second kappa shape index (κ2) is 7.86. The van der Waals surface area contributed by atoms with E-state index in [9.17, 15) is 4.79 Å². The molecule has 0 radical (unpaired) electrons. The number of carbonyl (C=O) groups excluding carboxylic acids is 1. The molecule has 0 spiro atoms. The van der Waals surface area contributed by atoms with Gasteiger partial charge in [-0.05, 0) is 42.7 Å². The zero-order chi connectivity index (χ0) is 19.7. The minimum atomic E-state index is -0.0482. The number of fused-ring (bicyclic) bond motifs is 2. The highest BCUT2D eigenvalue weighted by Crippen LogP contribution is 2.34. The van der Waals surface area contributed by atoms with Crippen molar-refractivity contribution in [2.45, 2.75) is 13.8 Å². The Kier molecular flexibility index (Phi) is 5.29. The van der Waals surface area contributed by atoms with Gasteiger partial charge in [0.05, 0.1) is 18.0 Å². The summed E-state index contributed by atoms with van der Waals surface area (Å²) in [6, 6.07) is 20.1. The van der Waals surface area contributed by atoms with Crippen LogP contribution < -0.4 is 4.90 Å². The van der Waals surface area contributed by atoms with Crippen molar-refractivity contribution in [1.82, 2.24) is 4.90 Å². The Hall–Kier alpha value is -2.50. The lowest BCUT2D eigenvalue weighted by Crippen LogP contribution is -2.41. The number of benzene rings is 3. The van der Waals surface area contributed by atoms with Gasteiger partial charge in [0, 0.05) is 15.4 Å². The lowest BCUT2D eigenvalue weighted by Gasteiger charge is -2.25. The fourth-order valence-electron chi connectivity index (χ4n) is 3.58. The van der Waals surface area contributed by atoms with Crippen LogP contribution in [0.3, 0.4) is 0 Å². The lowest BCUT2D eigenvalue weighted by molar-refractivity contribution is -0.112. The number of amides is 1. The van der Waals surface area contributed by atoms with Crippen LogP contribution in [-0.4, -0.2) is 36.3 Å². The topological polar surface area (TPSA) is 35.9 Å². The Morgan fingerprint density at radius 3 is 2.54 bits per heavy atom.